The molecule has 2 rings (SSSR count). The molecule has 23 heavy (non-hydrogen) atoms. The Morgan fingerprint density at radius 2 is 2.09 bits per heavy atom. The number of alkyl halides is 2. The van der Waals surface area contributed by atoms with Crippen LogP contribution >= 0.6 is 11.3 Å². The Balaban J connectivity index is 2.17. The molecule has 0 aliphatic heterocycles. The Kier molecular flexibility index (Phi) is 5.80. The predicted octanol–water partition coefficient (Wildman–Crippen LogP) is 3.35. The highest BCUT2D eigenvalue weighted by Crippen LogP contribution is 2.30. The molecule has 0 saturated heterocycles. The average molecular weight is 343 g/mol. The van der Waals surface area contributed by atoms with Gasteiger partial charge in [0.1, 0.15) is 5.01 Å². The van der Waals surface area contributed by atoms with Gasteiger partial charge in [0.15, 0.2) is 11.5 Å². The molecular weight excluding hydrogens is 328 g/mol. The second-order valence-electron chi connectivity index (χ2n) is 4.28. The van der Waals surface area contributed by atoms with E-state index in [0.717, 1.165) is 11.4 Å². The molecular formula is C14H15F2N3O3S. The number of aryl methyl sites for hydroxylation is 1. The maximum atomic E-state index is 12.4. The molecule has 1 heterocycles. The first-order valence-corrected chi connectivity index (χ1v) is 7.70. The highest BCUT2D eigenvalue weighted by Gasteiger charge is 2.15. The summed E-state index contributed by atoms with van der Waals surface area (Å²) in [5, 5.41) is 11.5. The zero-order valence-electron chi connectivity index (χ0n) is 12.5. The van der Waals surface area contributed by atoms with Crippen LogP contribution < -0.4 is 14.8 Å². The summed E-state index contributed by atoms with van der Waals surface area (Å²) in [5.74, 6) is -0.483. The van der Waals surface area contributed by atoms with Crippen LogP contribution in [0.25, 0.3) is 0 Å². The van der Waals surface area contributed by atoms with Gasteiger partial charge in [-0.25, -0.2) is 0 Å². The lowest BCUT2D eigenvalue weighted by molar-refractivity contribution is -0.0514. The normalized spacial score (nSPS) is 10.7. The van der Waals surface area contributed by atoms with E-state index in [1.54, 1.807) is 6.92 Å². The Hall–Kier alpha value is -2.29. The van der Waals surface area contributed by atoms with E-state index in [4.69, 9.17) is 4.74 Å². The number of aromatic nitrogens is 2. The van der Waals surface area contributed by atoms with Crippen molar-refractivity contribution in [2.75, 3.05) is 11.9 Å². The summed E-state index contributed by atoms with van der Waals surface area (Å²) in [7, 11) is 0. The molecule has 1 aromatic carbocycles. The lowest BCUT2D eigenvalue weighted by Gasteiger charge is -2.12. The second-order valence-corrected chi connectivity index (χ2v) is 5.34. The molecule has 0 saturated carbocycles. The third-order valence-corrected chi connectivity index (χ3v) is 3.69. The number of amides is 1. The maximum Gasteiger partial charge on any atom is 0.387 e. The van der Waals surface area contributed by atoms with Crippen molar-refractivity contribution in [2.45, 2.75) is 26.9 Å². The molecule has 2 aromatic rings. The van der Waals surface area contributed by atoms with Crippen molar-refractivity contribution in [2.24, 2.45) is 0 Å². The first-order chi connectivity index (χ1) is 11.0. The molecule has 0 aliphatic carbocycles. The number of ether oxygens (including phenoxy) is 2. The summed E-state index contributed by atoms with van der Waals surface area (Å²) in [5.41, 5.74) is 0.239. The van der Waals surface area contributed by atoms with Crippen molar-refractivity contribution >= 4 is 22.4 Å². The molecule has 0 unspecified atom stereocenters. The Morgan fingerprint density at radius 3 is 2.70 bits per heavy atom. The molecule has 0 spiro atoms. The first kappa shape index (κ1) is 17.1. The van der Waals surface area contributed by atoms with Gasteiger partial charge in [-0.05, 0) is 31.5 Å². The molecule has 1 aromatic heterocycles. The van der Waals surface area contributed by atoms with E-state index in [1.807, 2.05) is 6.92 Å². The van der Waals surface area contributed by atoms with Gasteiger partial charge < -0.3 is 9.47 Å². The summed E-state index contributed by atoms with van der Waals surface area (Å²) in [6.45, 7) is 0.915. The lowest BCUT2D eigenvalue weighted by Crippen LogP contribution is -2.12. The van der Waals surface area contributed by atoms with Crippen LogP contribution in [0.15, 0.2) is 18.2 Å². The fraction of sp³-hybridized carbons (Fsp3) is 0.357. The summed E-state index contributed by atoms with van der Waals surface area (Å²) < 4.78 is 34.3. The lowest BCUT2D eigenvalue weighted by atomic mass is 10.2. The van der Waals surface area contributed by atoms with Gasteiger partial charge >= 0.3 is 6.61 Å². The largest absolute Gasteiger partial charge is 0.490 e. The van der Waals surface area contributed by atoms with Gasteiger partial charge in [0.05, 0.1) is 6.61 Å². The monoisotopic (exact) mass is 343 g/mol. The number of nitrogens with one attached hydrogen (secondary N) is 1. The average Bonchev–Trinajstić information content (AvgIpc) is 2.96. The number of hydrogen-bond donors (Lipinski definition) is 1. The van der Waals surface area contributed by atoms with Crippen LogP contribution in [-0.2, 0) is 6.42 Å². The topological polar surface area (TPSA) is 73.3 Å². The van der Waals surface area contributed by atoms with Crippen molar-refractivity contribution in [1.82, 2.24) is 10.2 Å². The highest BCUT2D eigenvalue weighted by molar-refractivity contribution is 7.15. The van der Waals surface area contributed by atoms with Gasteiger partial charge in [-0.3, -0.25) is 10.1 Å². The molecule has 9 heteroatoms. The van der Waals surface area contributed by atoms with Crippen LogP contribution in [0.1, 0.15) is 29.2 Å². The number of carbonyl (C=O) groups excluding carboxylic acids is 1. The van der Waals surface area contributed by atoms with Gasteiger partial charge in [0, 0.05) is 5.56 Å². The Labute approximate surface area is 135 Å². The molecule has 1 amide bonds. The summed E-state index contributed by atoms with van der Waals surface area (Å²) in [6.07, 6.45) is 0.724. The van der Waals surface area contributed by atoms with Crippen LogP contribution in [-0.4, -0.2) is 29.3 Å². The molecule has 0 fully saturated rings. The van der Waals surface area contributed by atoms with Crippen molar-refractivity contribution in [3.8, 4) is 11.5 Å². The van der Waals surface area contributed by atoms with Crippen molar-refractivity contribution in [3.05, 3.63) is 28.8 Å². The molecule has 1 N–H and O–H groups in total. The van der Waals surface area contributed by atoms with Crippen LogP contribution in [0.2, 0.25) is 0 Å². The zero-order valence-corrected chi connectivity index (χ0v) is 13.3. The second kappa shape index (κ2) is 7.82. The molecule has 0 bridgehead atoms. The van der Waals surface area contributed by atoms with Gasteiger partial charge in [0.25, 0.3) is 5.91 Å². The smallest absolute Gasteiger partial charge is 0.387 e. The van der Waals surface area contributed by atoms with E-state index in [9.17, 15) is 13.6 Å². The third kappa shape index (κ3) is 4.59. The van der Waals surface area contributed by atoms with Gasteiger partial charge in [-0.2, -0.15) is 8.78 Å². The van der Waals surface area contributed by atoms with E-state index in [0.29, 0.717) is 5.13 Å². The summed E-state index contributed by atoms with van der Waals surface area (Å²) in [6, 6.07) is 3.99. The minimum atomic E-state index is -2.97. The number of benzene rings is 1. The highest BCUT2D eigenvalue weighted by atomic mass is 32.1. The van der Waals surface area contributed by atoms with Crippen LogP contribution in [0.3, 0.4) is 0 Å². The predicted molar refractivity (Wildman–Crippen MR) is 81.5 cm³/mol. The van der Waals surface area contributed by atoms with Crippen LogP contribution in [0, 0.1) is 0 Å². The Morgan fingerprint density at radius 1 is 1.30 bits per heavy atom. The number of rotatable bonds is 7. The maximum absolute atomic E-state index is 12.4. The molecule has 0 aliphatic rings. The van der Waals surface area contributed by atoms with Crippen molar-refractivity contribution in [3.63, 3.8) is 0 Å². The molecule has 0 radical (unpaired) electrons. The van der Waals surface area contributed by atoms with E-state index < -0.39 is 12.5 Å². The van der Waals surface area contributed by atoms with Gasteiger partial charge in [-0.15, -0.1) is 10.2 Å². The fourth-order valence-electron chi connectivity index (χ4n) is 1.73. The molecule has 124 valence electrons. The molecule has 0 atom stereocenters. The number of nitrogens with zero attached hydrogens (tertiary/aromatic N) is 2. The zero-order chi connectivity index (χ0) is 16.8. The van der Waals surface area contributed by atoms with Crippen LogP contribution in [0.4, 0.5) is 13.9 Å². The number of halogens is 2. The third-order valence-electron chi connectivity index (χ3n) is 2.71. The quantitative estimate of drug-likeness (QED) is 0.834. The van der Waals surface area contributed by atoms with Crippen molar-refractivity contribution < 1.29 is 23.0 Å². The standard InChI is InChI=1S/C14H15F2N3O3S/c1-3-11-18-19-14(23-11)17-12(20)8-5-6-9(22-13(15)16)10(7-8)21-4-2/h5-7,13H,3-4H2,1-2H3,(H,17,19,20). The van der Waals surface area contributed by atoms with E-state index in [2.05, 4.69) is 20.3 Å². The Bertz CT molecular complexity index is 679. The minimum Gasteiger partial charge on any atom is -0.490 e. The fourth-order valence-corrected chi connectivity index (χ4v) is 2.40. The summed E-state index contributed by atoms with van der Waals surface area (Å²) >= 11 is 1.27. The van der Waals surface area contributed by atoms with Crippen LogP contribution in [0.5, 0.6) is 11.5 Å². The number of anilines is 1. The number of hydrogen-bond acceptors (Lipinski definition) is 6. The van der Waals surface area contributed by atoms with E-state index in [-0.39, 0.29) is 23.7 Å². The van der Waals surface area contributed by atoms with E-state index >= 15 is 0 Å². The summed E-state index contributed by atoms with van der Waals surface area (Å²) in [4.78, 5) is 12.2. The van der Waals surface area contributed by atoms with Gasteiger partial charge in [0.2, 0.25) is 5.13 Å². The first-order valence-electron chi connectivity index (χ1n) is 6.88. The van der Waals surface area contributed by atoms with Gasteiger partial charge in [-0.1, -0.05) is 18.3 Å². The van der Waals surface area contributed by atoms with Crippen molar-refractivity contribution in [1.29, 1.82) is 0 Å². The SMILES string of the molecule is CCOc1cc(C(=O)Nc2nnc(CC)s2)ccc1OC(F)F. The minimum absolute atomic E-state index is 0.0759. The van der Waals surface area contributed by atoms with E-state index in [1.165, 1.54) is 29.5 Å². The number of carbonyl (C=O) groups is 1. The molecule has 6 nitrogen and oxygen atoms in total.